The van der Waals surface area contributed by atoms with E-state index in [0.717, 1.165) is 31.4 Å². The number of nitrogens with zero attached hydrogens (tertiary/aromatic N) is 3. The maximum atomic E-state index is 13.1. The van der Waals surface area contributed by atoms with Gasteiger partial charge in [0.2, 0.25) is 20.0 Å². The Morgan fingerprint density at radius 3 is 2.06 bits per heavy atom. The van der Waals surface area contributed by atoms with Gasteiger partial charge in [0.05, 0.1) is 4.90 Å². The van der Waals surface area contributed by atoms with Gasteiger partial charge in [0.15, 0.2) is 0 Å². The first-order valence-corrected chi connectivity index (χ1v) is 13.7. The largest absolute Gasteiger partial charge is 0.357 e. The SMILES string of the molecule is O=S(=O)(NC1CCN(c2ccc(S(=O)(=O)N3CCCCC3)cn2)CC1)c1ccc(F)cc1. The number of anilines is 1. The summed E-state index contributed by atoms with van der Waals surface area (Å²) in [7, 11) is -7.23. The van der Waals surface area contributed by atoms with E-state index in [1.165, 1.54) is 22.6 Å². The van der Waals surface area contributed by atoms with Crippen LogP contribution in [0.15, 0.2) is 52.4 Å². The molecule has 2 aromatic rings. The van der Waals surface area contributed by atoms with E-state index in [4.69, 9.17) is 0 Å². The van der Waals surface area contributed by atoms with Crippen LogP contribution in [0.5, 0.6) is 0 Å². The quantitative estimate of drug-likeness (QED) is 0.679. The van der Waals surface area contributed by atoms with Crippen LogP contribution in [-0.2, 0) is 20.0 Å². The first-order valence-electron chi connectivity index (χ1n) is 10.7. The van der Waals surface area contributed by atoms with Gasteiger partial charge in [-0.3, -0.25) is 0 Å². The van der Waals surface area contributed by atoms with Crippen LogP contribution in [0.3, 0.4) is 0 Å². The molecule has 0 amide bonds. The van der Waals surface area contributed by atoms with E-state index in [-0.39, 0.29) is 15.8 Å². The number of benzene rings is 1. The number of hydrogen-bond acceptors (Lipinski definition) is 6. The standard InChI is InChI=1S/C21H27FN4O4S2/c22-17-4-6-19(7-5-17)31(27,28)24-18-10-14-25(15-11-18)21-9-8-20(16-23-21)32(29,30)26-12-2-1-3-13-26/h4-9,16,18,24H,1-3,10-15H2. The molecule has 0 unspecified atom stereocenters. The molecule has 0 saturated carbocycles. The van der Waals surface area contributed by atoms with Crippen LogP contribution in [0, 0.1) is 5.82 Å². The number of sulfonamides is 2. The Kier molecular flexibility index (Phi) is 6.80. The van der Waals surface area contributed by atoms with Gasteiger partial charge in [-0.1, -0.05) is 6.42 Å². The second-order valence-corrected chi connectivity index (χ2v) is 11.8. The van der Waals surface area contributed by atoms with E-state index < -0.39 is 25.9 Å². The Balaban J connectivity index is 1.35. The van der Waals surface area contributed by atoms with Crippen molar-refractivity contribution in [1.82, 2.24) is 14.0 Å². The molecule has 1 aromatic heterocycles. The lowest BCUT2D eigenvalue weighted by atomic mass is 10.1. The summed E-state index contributed by atoms with van der Waals surface area (Å²) in [5.41, 5.74) is 0. The summed E-state index contributed by atoms with van der Waals surface area (Å²) in [6.07, 6.45) is 5.38. The smallest absolute Gasteiger partial charge is 0.244 e. The van der Waals surface area contributed by atoms with Crippen LogP contribution in [-0.4, -0.2) is 58.3 Å². The summed E-state index contributed by atoms with van der Waals surface area (Å²) in [6.45, 7) is 2.26. The number of rotatable bonds is 6. The van der Waals surface area contributed by atoms with Crippen LogP contribution in [0.25, 0.3) is 0 Å². The van der Waals surface area contributed by atoms with E-state index in [1.54, 1.807) is 12.1 Å². The van der Waals surface area contributed by atoms with Gasteiger partial charge in [0.25, 0.3) is 0 Å². The first kappa shape index (κ1) is 23.1. The fourth-order valence-electron chi connectivity index (χ4n) is 4.09. The van der Waals surface area contributed by atoms with Crippen molar-refractivity contribution in [1.29, 1.82) is 0 Å². The number of nitrogens with one attached hydrogen (secondary N) is 1. The molecule has 174 valence electrons. The Labute approximate surface area is 188 Å². The Bertz CT molecular complexity index is 1130. The molecule has 8 nitrogen and oxygen atoms in total. The normalized spacial score (nSPS) is 19.2. The molecule has 2 saturated heterocycles. The van der Waals surface area contributed by atoms with E-state index >= 15 is 0 Å². The second-order valence-electron chi connectivity index (χ2n) is 8.15. The van der Waals surface area contributed by atoms with Crippen molar-refractivity contribution in [2.75, 3.05) is 31.1 Å². The minimum Gasteiger partial charge on any atom is -0.357 e. The van der Waals surface area contributed by atoms with Crippen molar-refractivity contribution in [2.24, 2.45) is 0 Å². The number of hydrogen-bond donors (Lipinski definition) is 1. The minimum atomic E-state index is -3.71. The fraction of sp³-hybridized carbons (Fsp3) is 0.476. The maximum absolute atomic E-state index is 13.1. The third-order valence-corrected chi connectivity index (χ3v) is 9.36. The molecule has 2 aliphatic heterocycles. The maximum Gasteiger partial charge on any atom is 0.244 e. The molecule has 4 rings (SSSR count). The zero-order valence-electron chi connectivity index (χ0n) is 17.7. The van der Waals surface area contributed by atoms with Gasteiger partial charge in [-0.25, -0.2) is 30.9 Å². The summed E-state index contributed by atoms with van der Waals surface area (Å²) >= 11 is 0. The number of piperidine rings is 2. The summed E-state index contributed by atoms with van der Waals surface area (Å²) in [5, 5.41) is 0. The zero-order valence-corrected chi connectivity index (χ0v) is 19.3. The predicted octanol–water partition coefficient (Wildman–Crippen LogP) is 2.34. The summed E-state index contributed by atoms with van der Waals surface area (Å²) in [4.78, 5) is 6.61. The lowest BCUT2D eigenvalue weighted by molar-refractivity contribution is 0.346. The van der Waals surface area contributed by atoms with Crippen molar-refractivity contribution in [3.8, 4) is 0 Å². The van der Waals surface area contributed by atoms with Gasteiger partial charge in [-0.2, -0.15) is 4.31 Å². The second kappa shape index (κ2) is 9.42. The molecule has 1 N–H and O–H groups in total. The lowest BCUT2D eigenvalue weighted by Crippen LogP contribution is -2.44. The Morgan fingerprint density at radius 2 is 1.47 bits per heavy atom. The Morgan fingerprint density at radius 1 is 0.844 bits per heavy atom. The van der Waals surface area contributed by atoms with Gasteiger partial charge >= 0.3 is 0 Å². The number of halogens is 1. The summed E-state index contributed by atoms with van der Waals surface area (Å²) in [5.74, 6) is 0.182. The molecular formula is C21H27FN4O4S2. The number of pyridine rings is 1. The van der Waals surface area contributed by atoms with Gasteiger partial charge in [-0.05, 0) is 62.1 Å². The van der Waals surface area contributed by atoms with E-state index in [0.29, 0.717) is 44.8 Å². The highest BCUT2D eigenvalue weighted by Crippen LogP contribution is 2.24. The molecule has 11 heteroatoms. The van der Waals surface area contributed by atoms with E-state index in [2.05, 4.69) is 9.71 Å². The lowest BCUT2D eigenvalue weighted by Gasteiger charge is -2.33. The van der Waals surface area contributed by atoms with E-state index in [9.17, 15) is 21.2 Å². The van der Waals surface area contributed by atoms with Gasteiger partial charge in [0, 0.05) is 38.4 Å². The molecule has 2 fully saturated rings. The third-order valence-electron chi connectivity index (χ3n) is 5.94. The molecule has 0 atom stereocenters. The predicted molar refractivity (Wildman–Crippen MR) is 119 cm³/mol. The summed E-state index contributed by atoms with van der Waals surface area (Å²) in [6, 6.07) is 7.80. The molecule has 2 aliphatic rings. The molecule has 0 aliphatic carbocycles. The molecule has 3 heterocycles. The van der Waals surface area contributed by atoms with Crippen LogP contribution in [0.1, 0.15) is 32.1 Å². The highest BCUT2D eigenvalue weighted by Gasteiger charge is 2.28. The van der Waals surface area contributed by atoms with Crippen molar-refractivity contribution < 1.29 is 21.2 Å². The van der Waals surface area contributed by atoms with Crippen LogP contribution in [0.4, 0.5) is 10.2 Å². The highest BCUT2D eigenvalue weighted by molar-refractivity contribution is 7.89. The fourth-order valence-corrected chi connectivity index (χ4v) is 6.86. The van der Waals surface area contributed by atoms with Crippen molar-refractivity contribution in [3.63, 3.8) is 0 Å². The van der Waals surface area contributed by atoms with Crippen LogP contribution in [0.2, 0.25) is 0 Å². The van der Waals surface area contributed by atoms with Crippen LogP contribution < -0.4 is 9.62 Å². The molecule has 0 radical (unpaired) electrons. The van der Waals surface area contributed by atoms with Gasteiger partial charge in [0.1, 0.15) is 16.5 Å². The molecular weight excluding hydrogens is 455 g/mol. The average molecular weight is 483 g/mol. The topological polar surface area (TPSA) is 99.7 Å². The number of aromatic nitrogens is 1. The van der Waals surface area contributed by atoms with Crippen molar-refractivity contribution in [3.05, 3.63) is 48.4 Å². The minimum absolute atomic E-state index is 0.0356. The first-order chi connectivity index (χ1) is 15.3. The molecule has 1 aromatic carbocycles. The van der Waals surface area contributed by atoms with Crippen LogP contribution >= 0.6 is 0 Å². The third kappa shape index (κ3) is 5.11. The van der Waals surface area contributed by atoms with Crippen molar-refractivity contribution in [2.45, 2.75) is 47.9 Å². The van der Waals surface area contributed by atoms with E-state index in [1.807, 2.05) is 4.90 Å². The average Bonchev–Trinajstić information content (AvgIpc) is 2.80. The Hall–Kier alpha value is -2.08. The van der Waals surface area contributed by atoms with Gasteiger partial charge in [-0.15, -0.1) is 0 Å². The monoisotopic (exact) mass is 482 g/mol. The zero-order chi connectivity index (χ0) is 22.8. The molecule has 32 heavy (non-hydrogen) atoms. The highest BCUT2D eigenvalue weighted by atomic mass is 32.2. The molecule has 0 spiro atoms. The van der Waals surface area contributed by atoms with Crippen molar-refractivity contribution >= 4 is 25.9 Å². The summed E-state index contributed by atoms with van der Waals surface area (Å²) < 4.78 is 67.8. The van der Waals surface area contributed by atoms with Gasteiger partial charge < -0.3 is 4.90 Å². The molecule has 0 bridgehead atoms.